The molecule has 1 aliphatic rings. The van der Waals surface area contributed by atoms with E-state index in [0.717, 1.165) is 32.1 Å². The van der Waals surface area contributed by atoms with Crippen LogP contribution in [0.5, 0.6) is 0 Å². The molecule has 0 aromatic rings. The first-order chi connectivity index (χ1) is 11.0. The first-order valence-electron chi connectivity index (χ1n) is 8.74. The van der Waals surface area contributed by atoms with Gasteiger partial charge in [0.05, 0.1) is 12.2 Å². The highest BCUT2D eigenvalue weighted by atomic mass is 16.4. The average Bonchev–Trinajstić information content (AvgIpc) is 2.77. The van der Waals surface area contributed by atoms with Gasteiger partial charge < -0.3 is 15.3 Å². The highest BCUT2D eigenvalue weighted by Crippen LogP contribution is 2.34. The Morgan fingerprint density at radius 3 is 2.57 bits per heavy atom. The Bertz CT molecular complexity index is 404. The maximum Gasteiger partial charge on any atom is 0.303 e. The Kier molecular flexibility index (Phi) is 9.10. The van der Waals surface area contributed by atoms with Gasteiger partial charge in [-0.2, -0.15) is 0 Å². The number of aliphatic hydroxyl groups is 2. The lowest BCUT2D eigenvalue weighted by atomic mass is 9.88. The van der Waals surface area contributed by atoms with Gasteiger partial charge in [0.15, 0.2) is 0 Å². The van der Waals surface area contributed by atoms with Crippen LogP contribution in [-0.2, 0) is 9.59 Å². The summed E-state index contributed by atoms with van der Waals surface area (Å²) in [5, 5.41) is 28.2. The van der Waals surface area contributed by atoms with E-state index in [9.17, 15) is 19.8 Å². The van der Waals surface area contributed by atoms with Crippen LogP contribution in [0, 0.1) is 11.8 Å². The van der Waals surface area contributed by atoms with E-state index in [1.807, 2.05) is 6.92 Å². The first-order valence-corrected chi connectivity index (χ1v) is 8.74. The Morgan fingerprint density at radius 1 is 1.26 bits per heavy atom. The van der Waals surface area contributed by atoms with E-state index >= 15 is 0 Å². The molecule has 0 radical (unpaired) electrons. The predicted octanol–water partition coefficient (Wildman–Crippen LogP) is 2.69. The van der Waals surface area contributed by atoms with Crippen molar-refractivity contribution >= 4 is 11.8 Å². The summed E-state index contributed by atoms with van der Waals surface area (Å²) in [5.74, 6) is -0.969. The zero-order valence-corrected chi connectivity index (χ0v) is 14.0. The number of carbonyl (C=O) groups excluding carboxylic acids is 1. The first kappa shape index (κ1) is 19.8. The maximum atomic E-state index is 12.0. The van der Waals surface area contributed by atoms with Crippen LogP contribution in [-0.4, -0.2) is 39.3 Å². The minimum absolute atomic E-state index is 0.115. The van der Waals surface area contributed by atoms with Crippen molar-refractivity contribution in [3.63, 3.8) is 0 Å². The molecule has 4 atom stereocenters. The van der Waals surface area contributed by atoms with Crippen molar-refractivity contribution in [3.05, 3.63) is 12.2 Å². The molecule has 0 saturated heterocycles. The second-order valence-corrected chi connectivity index (χ2v) is 6.48. The van der Waals surface area contributed by atoms with Crippen LogP contribution in [0.2, 0.25) is 0 Å². The Hall–Kier alpha value is -1.20. The summed E-state index contributed by atoms with van der Waals surface area (Å²) in [4.78, 5) is 22.4. The smallest absolute Gasteiger partial charge is 0.303 e. The van der Waals surface area contributed by atoms with Gasteiger partial charge in [0.25, 0.3) is 0 Å². The zero-order valence-electron chi connectivity index (χ0n) is 14.0. The van der Waals surface area contributed by atoms with E-state index in [2.05, 4.69) is 0 Å². The van der Waals surface area contributed by atoms with Crippen LogP contribution in [0.1, 0.15) is 64.7 Å². The number of carboxylic acids is 1. The van der Waals surface area contributed by atoms with E-state index in [-0.39, 0.29) is 30.5 Å². The summed E-state index contributed by atoms with van der Waals surface area (Å²) in [7, 11) is 0. The zero-order chi connectivity index (χ0) is 17.2. The third-order valence-electron chi connectivity index (χ3n) is 4.61. The predicted molar refractivity (Wildman–Crippen MR) is 88.0 cm³/mol. The molecule has 1 fully saturated rings. The molecule has 5 heteroatoms. The van der Waals surface area contributed by atoms with Gasteiger partial charge in [0.2, 0.25) is 0 Å². The number of hydrogen-bond donors (Lipinski definition) is 3. The van der Waals surface area contributed by atoms with Crippen molar-refractivity contribution in [2.24, 2.45) is 11.8 Å². The number of aliphatic carboxylic acids is 1. The number of aliphatic hydroxyl groups excluding tert-OH is 2. The normalized spacial score (nSPS) is 26.0. The van der Waals surface area contributed by atoms with Crippen LogP contribution in [0.25, 0.3) is 0 Å². The molecule has 0 aliphatic heterocycles. The lowest BCUT2D eigenvalue weighted by molar-refractivity contribution is -0.137. The molecular formula is C18H30O5. The van der Waals surface area contributed by atoms with E-state index in [1.54, 1.807) is 12.2 Å². The molecule has 0 spiro atoms. The lowest BCUT2D eigenvalue weighted by Gasteiger charge is -2.17. The molecule has 5 nitrogen and oxygen atoms in total. The van der Waals surface area contributed by atoms with E-state index in [0.29, 0.717) is 12.8 Å². The van der Waals surface area contributed by atoms with Crippen molar-refractivity contribution < 1.29 is 24.9 Å². The molecule has 1 saturated carbocycles. The Balaban J connectivity index is 2.33. The van der Waals surface area contributed by atoms with Gasteiger partial charge >= 0.3 is 5.97 Å². The van der Waals surface area contributed by atoms with Gasteiger partial charge in [-0.05, 0) is 19.3 Å². The molecule has 23 heavy (non-hydrogen) atoms. The second kappa shape index (κ2) is 10.6. The number of rotatable bonds is 11. The highest BCUT2D eigenvalue weighted by Gasteiger charge is 2.39. The molecular weight excluding hydrogens is 296 g/mol. The van der Waals surface area contributed by atoms with Crippen molar-refractivity contribution in [2.45, 2.75) is 76.9 Å². The van der Waals surface area contributed by atoms with Crippen LogP contribution < -0.4 is 0 Å². The van der Waals surface area contributed by atoms with Gasteiger partial charge in [0, 0.05) is 24.7 Å². The molecule has 0 aromatic carbocycles. The maximum absolute atomic E-state index is 12.0. The van der Waals surface area contributed by atoms with Gasteiger partial charge in [-0.3, -0.25) is 9.59 Å². The third kappa shape index (κ3) is 7.27. The fourth-order valence-corrected chi connectivity index (χ4v) is 3.16. The summed E-state index contributed by atoms with van der Waals surface area (Å²) in [5.41, 5.74) is 0. The number of ketones is 1. The molecule has 132 valence electrons. The molecule has 1 aliphatic carbocycles. The summed E-state index contributed by atoms with van der Waals surface area (Å²) in [6.07, 6.45) is 8.62. The monoisotopic (exact) mass is 326 g/mol. The second-order valence-electron chi connectivity index (χ2n) is 6.48. The Labute approximate surface area is 138 Å². The molecule has 1 rings (SSSR count). The minimum atomic E-state index is -0.751. The summed E-state index contributed by atoms with van der Waals surface area (Å²) < 4.78 is 0. The third-order valence-corrected chi connectivity index (χ3v) is 4.61. The molecule has 0 aromatic heterocycles. The van der Waals surface area contributed by atoms with Crippen LogP contribution >= 0.6 is 0 Å². The van der Waals surface area contributed by atoms with Gasteiger partial charge in [-0.15, -0.1) is 0 Å². The SMILES string of the molecule is CC[C@H](O)/C=C/[C@@H]1[C@H](CCCCCCCC(=O)O)C(=O)C[C@@H]1O. The number of Topliss-reactive ketones (excluding diaryl/α,β-unsaturated/α-hetero) is 1. The molecule has 0 heterocycles. The largest absolute Gasteiger partial charge is 0.481 e. The van der Waals surface area contributed by atoms with Crippen LogP contribution in [0.4, 0.5) is 0 Å². The number of unbranched alkanes of at least 4 members (excludes halogenated alkanes) is 4. The molecule has 0 bridgehead atoms. The van der Waals surface area contributed by atoms with Crippen LogP contribution in [0.15, 0.2) is 12.2 Å². The van der Waals surface area contributed by atoms with Gasteiger partial charge in [0.1, 0.15) is 5.78 Å². The van der Waals surface area contributed by atoms with Crippen molar-refractivity contribution in [1.29, 1.82) is 0 Å². The van der Waals surface area contributed by atoms with E-state index < -0.39 is 18.2 Å². The van der Waals surface area contributed by atoms with Crippen molar-refractivity contribution in [2.75, 3.05) is 0 Å². The van der Waals surface area contributed by atoms with Crippen molar-refractivity contribution in [3.8, 4) is 0 Å². The summed E-state index contributed by atoms with van der Waals surface area (Å²) in [6.45, 7) is 1.88. The lowest BCUT2D eigenvalue weighted by Crippen LogP contribution is -2.19. The van der Waals surface area contributed by atoms with E-state index in [4.69, 9.17) is 5.11 Å². The quantitative estimate of drug-likeness (QED) is 0.401. The molecule has 3 N–H and O–H groups in total. The highest BCUT2D eigenvalue weighted by molar-refractivity contribution is 5.84. The standard InChI is InChI=1S/C18H30O5/c1-2-13(19)10-11-15-14(16(20)12-17(15)21)8-6-4-3-5-7-9-18(22)23/h10-11,13-15,17,19,21H,2-9,12H2,1H3,(H,22,23)/b11-10+/t13-,14-,15+,17-/m0/s1. The van der Waals surface area contributed by atoms with Crippen LogP contribution in [0.3, 0.4) is 0 Å². The minimum Gasteiger partial charge on any atom is -0.481 e. The Morgan fingerprint density at radius 2 is 1.91 bits per heavy atom. The fourth-order valence-electron chi connectivity index (χ4n) is 3.16. The number of carbonyl (C=O) groups is 2. The average molecular weight is 326 g/mol. The van der Waals surface area contributed by atoms with E-state index in [1.165, 1.54) is 0 Å². The summed E-state index contributed by atoms with van der Waals surface area (Å²) in [6, 6.07) is 0. The van der Waals surface area contributed by atoms with Gasteiger partial charge in [-0.25, -0.2) is 0 Å². The van der Waals surface area contributed by atoms with Crippen molar-refractivity contribution in [1.82, 2.24) is 0 Å². The number of hydrogen-bond acceptors (Lipinski definition) is 4. The topological polar surface area (TPSA) is 94.8 Å². The molecule has 0 unspecified atom stereocenters. The van der Waals surface area contributed by atoms with Gasteiger partial charge in [-0.1, -0.05) is 44.8 Å². The fraction of sp³-hybridized carbons (Fsp3) is 0.778. The number of carboxylic acid groups (broad SMARTS) is 1. The molecule has 0 amide bonds. The summed E-state index contributed by atoms with van der Waals surface area (Å²) >= 11 is 0.